The Morgan fingerprint density at radius 1 is 1.19 bits per heavy atom. The van der Waals surface area contributed by atoms with E-state index in [1.807, 2.05) is 48.7 Å². The fourth-order valence-electron chi connectivity index (χ4n) is 3.16. The Hall–Kier alpha value is -3.08. The Balaban J connectivity index is 1.85. The van der Waals surface area contributed by atoms with Gasteiger partial charge in [-0.1, -0.05) is 35.5 Å². The summed E-state index contributed by atoms with van der Waals surface area (Å²) >= 11 is 6.75. The second kappa shape index (κ2) is 9.82. The van der Waals surface area contributed by atoms with Gasteiger partial charge >= 0.3 is 0 Å². The van der Waals surface area contributed by atoms with Crippen molar-refractivity contribution in [3.8, 4) is 11.8 Å². The number of thioether (sulfide) groups is 1. The average Bonchev–Trinajstić information content (AvgIpc) is 3.00. The van der Waals surface area contributed by atoms with E-state index in [9.17, 15) is 18.8 Å². The van der Waals surface area contributed by atoms with Gasteiger partial charge in [0.15, 0.2) is 0 Å². The average molecular weight is 458 g/mol. The molecule has 0 aliphatic rings. The summed E-state index contributed by atoms with van der Waals surface area (Å²) in [4.78, 5) is 13.0. The molecule has 4 nitrogen and oxygen atoms in total. The minimum absolute atomic E-state index is 0.0783. The first-order chi connectivity index (χ1) is 14.8. The molecule has 0 atom stereocenters. The minimum Gasteiger partial charge on any atom is -0.321 e. The first-order valence-electron chi connectivity index (χ1n) is 9.22. The van der Waals surface area contributed by atoms with Gasteiger partial charge in [0.05, 0.1) is 10.7 Å². The minimum atomic E-state index is -2.52. The number of alkyl halides is 2. The van der Waals surface area contributed by atoms with Gasteiger partial charge in [0, 0.05) is 22.0 Å². The number of aromatic nitrogens is 1. The van der Waals surface area contributed by atoms with Crippen LogP contribution in [-0.2, 0) is 4.79 Å². The number of carbonyl (C=O) groups is 1. The van der Waals surface area contributed by atoms with Crippen LogP contribution in [0.15, 0.2) is 65.1 Å². The molecule has 1 aromatic heterocycles. The number of anilines is 1. The number of hydrogen-bond acceptors (Lipinski definition) is 3. The number of benzene rings is 2. The predicted octanol–water partition coefficient (Wildman–Crippen LogP) is 6.61. The van der Waals surface area contributed by atoms with Gasteiger partial charge in [-0.25, -0.2) is 0 Å². The van der Waals surface area contributed by atoms with Crippen LogP contribution in [0, 0.1) is 25.2 Å². The maximum absolute atomic E-state index is 12.6. The number of para-hydroxylation sites is 1. The van der Waals surface area contributed by atoms with E-state index in [2.05, 4.69) is 5.32 Å². The van der Waals surface area contributed by atoms with Crippen LogP contribution < -0.4 is 5.32 Å². The van der Waals surface area contributed by atoms with E-state index in [-0.39, 0.29) is 5.57 Å². The number of nitrogens with zero attached hydrogens (tertiary/aromatic N) is 2. The monoisotopic (exact) mass is 457 g/mol. The van der Waals surface area contributed by atoms with Gasteiger partial charge < -0.3 is 9.88 Å². The maximum atomic E-state index is 12.6. The molecule has 0 aliphatic carbocycles. The summed E-state index contributed by atoms with van der Waals surface area (Å²) in [6.07, 6.45) is 1.52. The molecule has 0 bridgehead atoms. The second-order valence-electron chi connectivity index (χ2n) is 6.64. The fraction of sp³-hybridized carbons (Fsp3) is 0.130. The molecule has 31 heavy (non-hydrogen) atoms. The number of halogens is 3. The van der Waals surface area contributed by atoms with Gasteiger partial charge in [0.25, 0.3) is 11.7 Å². The highest BCUT2D eigenvalue weighted by molar-refractivity contribution is 7.99. The third kappa shape index (κ3) is 5.35. The number of carbonyl (C=O) groups excluding carboxylic acids is 1. The van der Waals surface area contributed by atoms with E-state index in [4.69, 9.17) is 11.6 Å². The molecule has 0 saturated heterocycles. The molecule has 0 spiro atoms. The standard InChI is InChI=1S/C23H18ClF2N3OS/c1-14-11-16(15(2)29(14)21-6-4-3-5-20(21)24)12-17(13-27)22(30)28-18-7-9-19(10-8-18)31-23(25)26/h3-12,23H,1-2H3,(H,28,30)/b17-12+. The van der Waals surface area contributed by atoms with Crippen molar-refractivity contribution in [1.29, 1.82) is 5.26 Å². The predicted molar refractivity (Wildman–Crippen MR) is 121 cm³/mol. The summed E-state index contributed by atoms with van der Waals surface area (Å²) in [5.74, 6) is -3.10. The summed E-state index contributed by atoms with van der Waals surface area (Å²) < 4.78 is 26.8. The van der Waals surface area contributed by atoms with Crippen LogP contribution in [0.1, 0.15) is 17.0 Å². The highest BCUT2D eigenvalue weighted by atomic mass is 35.5. The zero-order valence-electron chi connectivity index (χ0n) is 16.7. The van der Waals surface area contributed by atoms with Crippen molar-refractivity contribution in [2.45, 2.75) is 24.5 Å². The lowest BCUT2D eigenvalue weighted by Crippen LogP contribution is -2.13. The smallest absolute Gasteiger partial charge is 0.288 e. The maximum Gasteiger partial charge on any atom is 0.288 e. The van der Waals surface area contributed by atoms with E-state index in [0.717, 1.165) is 17.1 Å². The Morgan fingerprint density at radius 3 is 2.48 bits per heavy atom. The van der Waals surface area contributed by atoms with Crippen LogP contribution in [0.4, 0.5) is 14.5 Å². The van der Waals surface area contributed by atoms with Gasteiger partial charge in [-0.3, -0.25) is 4.79 Å². The molecule has 1 amide bonds. The molecule has 3 aromatic rings. The van der Waals surface area contributed by atoms with Gasteiger partial charge in [-0.15, -0.1) is 0 Å². The Bertz CT molecular complexity index is 1180. The normalized spacial score (nSPS) is 11.5. The summed E-state index contributed by atoms with van der Waals surface area (Å²) in [5, 5.41) is 12.7. The van der Waals surface area contributed by atoms with E-state index in [0.29, 0.717) is 32.9 Å². The Labute approximate surface area is 188 Å². The summed E-state index contributed by atoms with van der Waals surface area (Å²) in [7, 11) is 0. The molecule has 2 aromatic carbocycles. The highest BCUT2D eigenvalue weighted by Crippen LogP contribution is 2.28. The number of nitriles is 1. The van der Waals surface area contributed by atoms with Crippen molar-refractivity contribution >= 4 is 41.0 Å². The fourth-order valence-corrected chi connectivity index (χ4v) is 3.88. The van der Waals surface area contributed by atoms with Crippen molar-refractivity contribution in [3.63, 3.8) is 0 Å². The van der Waals surface area contributed by atoms with E-state index >= 15 is 0 Å². The van der Waals surface area contributed by atoms with Crippen LogP contribution in [0.5, 0.6) is 0 Å². The molecule has 8 heteroatoms. The van der Waals surface area contributed by atoms with Gasteiger partial charge in [0.1, 0.15) is 11.6 Å². The Kier molecular flexibility index (Phi) is 7.16. The molecule has 1 N–H and O–H groups in total. The third-order valence-electron chi connectivity index (χ3n) is 4.57. The lowest BCUT2D eigenvalue weighted by atomic mass is 10.1. The number of aryl methyl sites for hydroxylation is 1. The first kappa shape index (κ1) is 22.6. The summed E-state index contributed by atoms with van der Waals surface area (Å²) in [6.45, 7) is 3.80. The lowest BCUT2D eigenvalue weighted by molar-refractivity contribution is -0.112. The summed E-state index contributed by atoms with van der Waals surface area (Å²) in [5.41, 5.74) is 3.59. The zero-order chi connectivity index (χ0) is 22.5. The van der Waals surface area contributed by atoms with Crippen molar-refractivity contribution in [2.24, 2.45) is 0 Å². The third-order valence-corrected chi connectivity index (χ3v) is 5.61. The molecule has 0 saturated carbocycles. The Morgan fingerprint density at radius 2 is 1.87 bits per heavy atom. The topological polar surface area (TPSA) is 57.8 Å². The SMILES string of the molecule is Cc1cc(/C=C(\C#N)C(=O)Nc2ccc(SC(F)F)cc2)c(C)n1-c1ccccc1Cl. The van der Waals surface area contributed by atoms with Crippen LogP contribution in [0.25, 0.3) is 11.8 Å². The lowest BCUT2D eigenvalue weighted by Gasteiger charge is -2.11. The van der Waals surface area contributed by atoms with Crippen molar-refractivity contribution in [1.82, 2.24) is 4.57 Å². The largest absolute Gasteiger partial charge is 0.321 e. The highest BCUT2D eigenvalue weighted by Gasteiger charge is 2.15. The zero-order valence-corrected chi connectivity index (χ0v) is 18.3. The molecule has 3 rings (SSSR count). The molecular formula is C23H18ClF2N3OS. The number of amides is 1. The number of rotatable bonds is 6. The van der Waals surface area contributed by atoms with Crippen molar-refractivity contribution in [3.05, 3.63) is 82.1 Å². The number of hydrogen-bond donors (Lipinski definition) is 1. The summed E-state index contributed by atoms with van der Waals surface area (Å²) in [6, 6.07) is 17.2. The quantitative estimate of drug-likeness (QED) is 0.257. The van der Waals surface area contributed by atoms with Gasteiger partial charge in [0.2, 0.25) is 0 Å². The van der Waals surface area contributed by atoms with Crippen LogP contribution in [-0.4, -0.2) is 16.2 Å². The molecular weight excluding hydrogens is 440 g/mol. The van der Waals surface area contributed by atoms with Crippen LogP contribution in [0.2, 0.25) is 5.02 Å². The number of nitrogens with one attached hydrogen (secondary N) is 1. The molecule has 0 aliphatic heterocycles. The first-order valence-corrected chi connectivity index (χ1v) is 10.5. The van der Waals surface area contributed by atoms with Crippen LogP contribution in [0.3, 0.4) is 0 Å². The van der Waals surface area contributed by atoms with Gasteiger partial charge in [-0.05, 0) is 68.0 Å². The van der Waals surface area contributed by atoms with E-state index in [1.165, 1.54) is 30.3 Å². The molecule has 0 unspecified atom stereocenters. The van der Waals surface area contributed by atoms with Gasteiger partial charge in [-0.2, -0.15) is 14.0 Å². The molecule has 0 radical (unpaired) electrons. The van der Waals surface area contributed by atoms with Crippen molar-refractivity contribution in [2.75, 3.05) is 5.32 Å². The molecule has 158 valence electrons. The van der Waals surface area contributed by atoms with E-state index in [1.54, 1.807) is 6.07 Å². The molecule has 1 heterocycles. The van der Waals surface area contributed by atoms with Crippen LogP contribution >= 0.6 is 23.4 Å². The van der Waals surface area contributed by atoms with Crippen molar-refractivity contribution < 1.29 is 13.6 Å². The second-order valence-corrected chi connectivity index (χ2v) is 8.11. The van der Waals surface area contributed by atoms with E-state index < -0.39 is 11.7 Å². The molecule has 0 fully saturated rings.